The number of amides is 1. The summed E-state index contributed by atoms with van der Waals surface area (Å²) in [6, 6.07) is 12.4. The van der Waals surface area contributed by atoms with Crippen LogP contribution in [-0.4, -0.2) is 34.8 Å². The zero-order valence-electron chi connectivity index (χ0n) is 12.9. The average molecular weight is 298 g/mol. The molecule has 0 saturated carbocycles. The van der Waals surface area contributed by atoms with Crippen LogP contribution in [0.4, 0.5) is 5.82 Å². The summed E-state index contributed by atoms with van der Waals surface area (Å²) in [6.45, 7) is 1.79. The molecule has 1 aromatic carbocycles. The quantitative estimate of drug-likeness (QED) is 0.915. The lowest BCUT2D eigenvalue weighted by molar-refractivity contribution is -0.121. The molecule has 2 heterocycles. The number of aryl methyl sites for hydroxylation is 2. The molecular formula is C17H22N4O. The predicted molar refractivity (Wildman–Crippen MR) is 86.7 cm³/mol. The van der Waals surface area contributed by atoms with E-state index in [0.29, 0.717) is 6.42 Å². The summed E-state index contributed by atoms with van der Waals surface area (Å²) in [5, 5.41) is 7.55. The SMILES string of the molecule is Cn1ccc(N2CCC(NC(=O)CCc3ccccc3)C2)n1. The van der Waals surface area contributed by atoms with Gasteiger partial charge < -0.3 is 10.2 Å². The van der Waals surface area contributed by atoms with Gasteiger partial charge in [0, 0.05) is 44.9 Å². The Hall–Kier alpha value is -2.30. The largest absolute Gasteiger partial charge is 0.353 e. The van der Waals surface area contributed by atoms with Crippen molar-refractivity contribution in [3.8, 4) is 0 Å². The monoisotopic (exact) mass is 298 g/mol. The molecule has 3 rings (SSSR count). The standard InChI is InChI=1S/C17H22N4O/c1-20-11-10-16(19-20)21-12-9-15(13-21)18-17(22)8-7-14-5-3-2-4-6-14/h2-6,10-11,15H,7-9,12-13H2,1H3,(H,18,22). The zero-order chi connectivity index (χ0) is 15.4. The van der Waals surface area contributed by atoms with Gasteiger partial charge in [0.1, 0.15) is 0 Å². The molecule has 22 heavy (non-hydrogen) atoms. The molecule has 0 radical (unpaired) electrons. The van der Waals surface area contributed by atoms with E-state index in [2.05, 4.69) is 27.4 Å². The van der Waals surface area contributed by atoms with E-state index in [-0.39, 0.29) is 11.9 Å². The van der Waals surface area contributed by atoms with E-state index in [4.69, 9.17) is 0 Å². The van der Waals surface area contributed by atoms with Gasteiger partial charge in [0.2, 0.25) is 5.91 Å². The first-order chi connectivity index (χ1) is 10.7. The van der Waals surface area contributed by atoms with Crippen LogP contribution in [0.2, 0.25) is 0 Å². The van der Waals surface area contributed by atoms with Crippen LogP contribution >= 0.6 is 0 Å². The van der Waals surface area contributed by atoms with Gasteiger partial charge in [0.05, 0.1) is 0 Å². The molecule has 1 aromatic heterocycles. The van der Waals surface area contributed by atoms with E-state index in [1.165, 1.54) is 5.56 Å². The molecule has 1 aliphatic heterocycles. The molecule has 0 aliphatic carbocycles. The van der Waals surface area contributed by atoms with Crippen LogP contribution in [0.3, 0.4) is 0 Å². The first-order valence-corrected chi connectivity index (χ1v) is 7.78. The van der Waals surface area contributed by atoms with Gasteiger partial charge in [-0.25, -0.2) is 0 Å². The Balaban J connectivity index is 1.45. The zero-order valence-corrected chi connectivity index (χ0v) is 12.9. The van der Waals surface area contributed by atoms with Crippen LogP contribution in [0, 0.1) is 0 Å². The minimum absolute atomic E-state index is 0.136. The van der Waals surface area contributed by atoms with Crippen molar-refractivity contribution in [1.29, 1.82) is 0 Å². The summed E-state index contributed by atoms with van der Waals surface area (Å²) < 4.78 is 1.81. The van der Waals surface area contributed by atoms with Crippen LogP contribution in [0.1, 0.15) is 18.4 Å². The second-order valence-corrected chi connectivity index (χ2v) is 5.83. The molecule has 2 aromatic rings. The normalized spacial score (nSPS) is 17.7. The lowest BCUT2D eigenvalue weighted by Crippen LogP contribution is -2.37. The maximum Gasteiger partial charge on any atom is 0.220 e. The number of carbonyl (C=O) groups is 1. The molecular weight excluding hydrogens is 276 g/mol. The number of rotatable bonds is 5. The Labute approximate surface area is 130 Å². The van der Waals surface area contributed by atoms with Gasteiger partial charge >= 0.3 is 0 Å². The highest BCUT2D eigenvalue weighted by molar-refractivity contribution is 5.76. The van der Waals surface area contributed by atoms with E-state index in [1.807, 2.05) is 37.5 Å². The van der Waals surface area contributed by atoms with E-state index in [0.717, 1.165) is 31.7 Å². The van der Waals surface area contributed by atoms with Gasteiger partial charge in [0.15, 0.2) is 5.82 Å². The van der Waals surface area contributed by atoms with Crippen LogP contribution in [0.15, 0.2) is 42.6 Å². The molecule has 5 nitrogen and oxygen atoms in total. The van der Waals surface area contributed by atoms with Crippen molar-refractivity contribution >= 4 is 11.7 Å². The lowest BCUT2D eigenvalue weighted by Gasteiger charge is -2.16. The van der Waals surface area contributed by atoms with Crippen molar-refractivity contribution < 1.29 is 4.79 Å². The summed E-state index contributed by atoms with van der Waals surface area (Å²) in [5.41, 5.74) is 1.21. The maximum absolute atomic E-state index is 12.1. The van der Waals surface area contributed by atoms with Gasteiger partial charge in [-0.15, -0.1) is 0 Å². The molecule has 1 unspecified atom stereocenters. The molecule has 0 spiro atoms. The molecule has 1 atom stereocenters. The maximum atomic E-state index is 12.1. The highest BCUT2D eigenvalue weighted by atomic mass is 16.1. The van der Waals surface area contributed by atoms with Crippen molar-refractivity contribution in [3.63, 3.8) is 0 Å². The summed E-state index contributed by atoms with van der Waals surface area (Å²) >= 11 is 0. The highest BCUT2D eigenvalue weighted by Gasteiger charge is 2.25. The minimum Gasteiger partial charge on any atom is -0.353 e. The number of hydrogen-bond donors (Lipinski definition) is 1. The van der Waals surface area contributed by atoms with Gasteiger partial charge in [-0.3, -0.25) is 9.48 Å². The average Bonchev–Trinajstić information content (AvgIpc) is 3.15. The Morgan fingerprint density at radius 1 is 1.32 bits per heavy atom. The number of aromatic nitrogens is 2. The second kappa shape index (κ2) is 6.64. The summed E-state index contributed by atoms with van der Waals surface area (Å²) in [4.78, 5) is 14.3. The number of nitrogens with zero attached hydrogens (tertiary/aromatic N) is 3. The van der Waals surface area contributed by atoms with Gasteiger partial charge in [-0.05, 0) is 18.4 Å². The number of nitrogens with one attached hydrogen (secondary N) is 1. The fourth-order valence-electron chi connectivity index (χ4n) is 2.86. The smallest absolute Gasteiger partial charge is 0.220 e. The fraction of sp³-hybridized carbons (Fsp3) is 0.412. The molecule has 116 valence electrons. The number of hydrogen-bond acceptors (Lipinski definition) is 3. The van der Waals surface area contributed by atoms with Crippen LogP contribution < -0.4 is 10.2 Å². The van der Waals surface area contributed by atoms with Crippen molar-refractivity contribution in [1.82, 2.24) is 15.1 Å². The van der Waals surface area contributed by atoms with Crippen LogP contribution in [-0.2, 0) is 18.3 Å². The fourth-order valence-corrected chi connectivity index (χ4v) is 2.86. The Morgan fingerprint density at radius 2 is 2.14 bits per heavy atom. The van der Waals surface area contributed by atoms with Crippen molar-refractivity contribution in [3.05, 3.63) is 48.2 Å². The van der Waals surface area contributed by atoms with Crippen molar-refractivity contribution in [2.24, 2.45) is 7.05 Å². The summed E-state index contributed by atoms with van der Waals surface area (Å²) in [7, 11) is 1.92. The first-order valence-electron chi connectivity index (χ1n) is 7.78. The molecule has 1 aliphatic rings. The van der Waals surface area contributed by atoms with E-state index >= 15 is 0 Å². The van der Waals surface area contributed by atoms with E-state index in [1.54, 1.807) is 4.68 Å². The lowest BCUT2D eigenvalue weighted by atomic mass is 10.1. The Kier molecular flexibility index (Phi) is 4.42. The number of anilines is 1. The van der Waals surface area contributed by atoms with Gasteiger partial charge in [-0.1, -0.05) is 30.3 Å². The van der Waals surface area contributed by atoms with E-state index in [9.17, 15) is 4.79 Å². The highest BCUT2D eigenvalue weighted by Crippen LogP contribution is 2.17. The third-order valence-corrected chi connectivity index (χ3v) is 4.06. The molecule has 1 N–H and O–H groups in total. The molecule has 1 amide bonds. The molecule has 0 bridgehead atoms. The summed E-state index contributed by atoms with van der Waals surface area (Å²) in [6.07, 6.45) is 4.27. The summed E-state index contributed by atoms with van der Waals surface area (Å²) in [5.74, 6) is 1.13. The van der Waals surface area contributed by atoms with Crippen LogP contribution in [0.25, 0.3) is 0 Å². The molecule has 1 fully saturated rings. The topological polar surface area (TPSA) is 50.2 Å². The molecule has 5 heteroatoms. The van der Waals surface area contributed by atoms with Crippen molar-refractivity contribution in [2.45, 2.75) is 25.3 Å². The Morgan fingerprint density at radius 3 is 2.86 bits per heavy atom. The minimum atomic E-state index is 0.136. The third kappa shape index (κ3) is 3.67. The van der Waals surface area contributed by atoms with Crippen molar-refractivity contribution in [2.75, 3.05) is 18.0 Å². The number of carbonyl (C=O) groups excluding carboxylic acids is 1. The first kappa shape index (κ1) is 14.6. The predicted octanol–water partition coefficient (Wildman–Crippen LogP) is 1.75. The molecule has 1 saturated heterocycles. The van der Waals surface area contributed by atoms with Gasteiger partial charge in [0.25, 0.3) is 0 Å². The van der Waals surface area contributed by atoms with E-state index < -0.39 is 0 Å². The number of benzene rings is 1. The second-order valence-electron chi connectivity index (χ2n) is 5.83. The third-order valence-electron chi connectivity index (χ3n) is 4.06. The van der Waals surface area contributed by atoms with Gasteiger partial charge in [-0.2, -0.15) is 5.10 Å². The van der Waals surface area contributed by atoms with Crippen LogP contribution in [0.5, 0.6) is 0 Å². The Bertz CT molecular complexity index is 623.